The van der Waals surface area contributed by atoms with Crippen molar-refractivity contribution in [2.45, 2.75) is 19.5 Å². The molecular formula is C21H25N3O5. The third-order valence-corrected chi connectivity index (χ3v) is 4.39. The molecule has 0 fully saturated rings. The summed E-state index contributed by atoms with van der Waals surface area (Å²) in [5, 5.41) is 7.46. The van der Waals surface area contributed by atoms with E-state index in [4.69, 9.17) is 18.6 Å². The fourth-order valence-corrected chi connectivity index (χ4v) is 2.95. The van der Waals surface area contributed by atoms with Gasteiger partial charge in [0.2, 0.25) is 5.91 Å². The Balaban J connectivity index is 1.64. The summed E-state index contributed by atoms with van der Waals surface area (Å²) in [6, 6.07) is 11.0. The molecule has 154 valence electrons. The first-order chi connectivity index (χ1) is 14.1. The summed E-state index contributed by atoms with van der Waals surface area (Å²) in [7, 11) is 4.79. The fraction of sp³-hybridized carbons (Fsp3) is 0.333. The van der Waals surface area contributed by atoms with Crippen molar-refractivity contribution in [3.05, 3.63) is 53.9 Å². The van der Waals surface area contributed by atoms with Crippen LogP contribution in [-0.4, -0.2) is 43.6 Å². The molecule has 0 atom stereocenters. The Labute approximate surface area is 169 Å². The van der Waals surface area contributed by atoms with Crippen LogP contribution in [0.25, 0.3) is 11.5 Å². The summed E-state index contributed by atoms with van der Waals surface area (Å²) in [5.74, 6) is 1.83. The number of hydrogen-bond acceptors (Lipinski definition) is 6. The van der Waals surface area contributed by atoms with Crippen LogP contribution in [0.4, 0.5) is 0 Å². The highest BCUT2D eigenvalue weighted by Crippen LogP contribution is 2.27. The van der Waals surface area contributed by atoms with Gasteiger partial charge in [-0.15, -0.1) is 0 Å². The Kier molecular flexibility index (Phi) is 6.91. The van der Waals surface area contributed by atoms with Crippen molar-refractivity contribution in [1.29, 1.82) is 0 Å². The van der Waals surface area contributed by atoms with E-state index in [1.165, 1.54) is 0 Å². The number of carbonyl (C=O) groups is 1. The van der Waals surface area contributed by atoms with Gasteiger partial charge in [-0.3, -0.25) is 9.48 Å². The minimum absolute atomic E-state index is 0.108. The summed E-state index contributed by atoms with van der Waals surface area (Å²) >= 11 is 0. The molecule has 0 spiro atoms. The maximum absolute atomic E-state index is 12.4. The lowest BCUT2D eigenvalue weighted by Crippen LogP contribution is -2.25. The molecule has 0 saturated heterocycles. The van der Waals surface area contributed by atoms with Gasteiger partial charge >= 0.3 is 0 Å². The van der Waals surface area contributed by atoms with Crippen LogP contribution in [0.1, 0.15) is 11.3 Å². The molecule has 0 unspecified atom stereocenters. The maximum atomic E-state index is 12.4. The van der Waals surface area contributed by atoms with Crippen molar-refractivity contribution in [2.24, 2.45) is 0 Å². The number of carbonyl (C=O) groups excluding carboxylic acids is 1. The van der Waals surface area contributed by atoms with Crippen molar-refractivity contribution in [2.75, 3.05) is 27.9 Å². The summed E-state index contributed by atoms with van der Waals surface area (Å²) in [6.45, 7) is 1.44. The van der Waals surface area contributed by atoms with Gasteiger partial charge in [0.1, 0.15) is 5.69 Å². The quantitative estimate of drug-likeness (QED) is 0.564. The highest BCUT2D eigenvalue weighted by Gasteiger charge is 2.14. The highest BCUT2D eigenvalue weighted by molar-refractivity contribution is 5.78. The van der Waals surface area contributed by atoms with Crippen molar-refractivity contribution in [1.82, 2.24) is 15.1 Å². The molecule has 1 amide bonds. The van der Waals surface area contributed by atoms with Gasteiger partial charge in [0.05, 0.1) is 52.3 Å². The molecule has 0 aliphatic rings. The van der Waals surface area contributed by atoms with Crippen LogP contribution in [0.3, 0.4) is 0 Å². The second kappa shape index (κ2) is 9.79. The summed E-state index contributed by atoms with van der Waals surface area (Å²) < 4.78 is 23.0. The van der Waals surface area contributed by atoms with Crippen LogP contribution in [0.15, 0.2) is 47.1 Å². The van der Waals surface area contributed by atoms with Crippen LogP contribution in [0.2, 0.25) is 0 Å². The maximum Gasteiger partial charge on any atom is 0.224 e. The lowest BCUT2D eigenvalue weighted by atomic mass is 10.1. The average Bonchev–Trinajstić information content (AvgIpc) is 3.40. The first-order valence-corrected chi connectivity index (χ1v) is 9.21. The second-order valence-electron chi connectivity index (χ2n) is 6.36. The van der Waals surface area contributed by atoms with E-state index in [0.717, 1.165) is 22.7 Å². The summed E-state index contributed by atoms with van der Waals surface area (Å²) in [5.41, 5.74) is 2.42. The molecule has 1 aromatic carbocycles. The number of benzene rings is 1. The van der Waals surface area contributed by atoms with E-state index in [1.807, 2.05) is 28.9 Å². The van der Waals surface area contributed by atoms with E-state index in [0.29, 0.717) is 31.2 Å². The molecule has 0 aliphatic carbocycles. The van der Waals surface area contributed by atoms with Crippen molar-refractivity contribution in [3.63, 3.8) is 0 Å². The zero-order valence-electron chi connectivity index (χ0n) is 16.8. The molecular weight excluding hydrogens is 374 g/mol. The van der Waals surface area contributed by atoms with Crippen LogP contribution >= 0.6 is 0 Å². The molecule has 3 aromatic rings. The Bertz CT molecular complexity index is 934. The van der Waals surface area contributed by atoms with E-state index >= 15 is 0 Å². The molecule has 2 heterocycles. The Morgan fingerprint density at radius 1 is 1.14 bits per heavy atom. The highest BCUT2D eigenvalue weighted by atomic mass is 16.5. The van der Waals surface area contributed by atoms with Crippen molar-refractivity contribution < 1.29 is 23.4 Å². The van der Waals surface area contributed by atoms with Crippen molar-refractivity contribution >= 4 is 5.91 Å². The number of nitrogens with zero attached hydrogens (tertiary/aromatic N) is 2. The SMILES string of the molecule is COCCn1nc(CNC(=O)Cc2ccc(OC)c(OC)c2)cc1-c1ccco1. The Morgan fingerprint density at radius 3 is 2.66 bits per heavy atom. The number of methoxy groups -OCH3 is 3. The number of hydrogen-bond donors (Lipinski definition) is 1. The van der Waals surface area contributed by atoms with E-state index in [1.54, 1.807) is 39.7 Å². The van der Waals surface area contributed by atoms with Gasteiger partial charge in [-0.2, -0.15) is 5.10 Å². The first kappa shape index (κ1) is 20.5. The number of nitrogens with one attached hydrogen (secondary N) is 1. The van der Waals surface area contributed by atoms with Gasteiger partial charge in [0, 0.05) is 7.11 Å². The third kappa shape index (κ3) is 5.17. The molecule has 3 rings (SSSR count). The van der Waals surface area contributed by atoms with Gasteiger partial charge in [-0.25, -0.2) is 0 Å². The summed E-state index contributed by atoms with van der Waals surface area (Å²) in [6.07, 6.45) is 1.85. The topological polar surface area (TPSA) is 87.8 Å². The molecule has 8 heteroatoms. The standard InChI is InChI=1S/C21H25N3O5/c1-26-10-8-24-17(18-5-4-9-29-18)13-16(23-24)14-22-21(25)12-15-6-7-19(27-2)20(11-15)28-3/h4-7,9,11,13H,8,10,12,14H2,1-3H3,(H,22,25). The second-order valence-corrected chi connectivity index (χ2v) is 6.36. The van der Waals surface area contributed by atoms with E-state index in [-0.39, 0.29) is 12.3 Å². The predicted molar refractivity (Wildman–Crippen MR) is 107 cm³/mol. The molecule has 0 saturated carbocycles. The van der Waals surface area contributed by atoms with Gasteiger partial charge in [-0.05, 0) is 35.9 Å². The van der Waals surface area contributed by atoms with Crippen LogP contribution < -0.4 is 14.8 Å². The average molecular weight is 399 g/mol. The lowest BCUT2D eigenvalue weighted by molar-refractivity contribution is -0.120. The van der Waals surface area contributed by atoms with Gasteiger partial charge in [0.25, 0.3) is 0 Å². The monoisotopic (exact) mass is 399 g/mol. The first-order valence-electron chi connectivity index (χ1n) is 9.21. The van der Waals surface area contributed by atoms with Crippen LogP contribution in [0, 0.1) is 0 Å². The number of furan rings is 1. The molecule has 0 aliphatic heterocycles. The number of ether oxygens (including phenoxy) is 3. The van der Waals surface area contributed by atoms with E-state index in [2.05, 4.69) is 10.4 Å². The van der Waals surface area contributed by atoms with E-state index < -0.39 is 0 Å². The normalized spacial score (nSPS) is 10.7. The number of rotatable bonds is 10. The largest absolute Gasteiger partial charge is 0.493 e. The Morgan fingerprint density at radius 2 is 1.97 bits per heavy atom. The zero-order chi connectivity index (χ0) is 20.6. The molecule has 0 radical (unpaired) electrons. The summed E-state index contributed by atoms with van der Waals surface area (Å²) in [4.78, 5) is 12.4. The smallest absolute Gasteiger partial charge is 0.224 e. The molecule has 8 nitrogen and oxygen atoms in total. The van der Waals surface area contributed by atoms with Crippen LogP contribution in [-0.2, 0) is 29.0 Å². The van der Waals surface area contributed by atoms with Gasteiger partial charge in [0.15, 0.2) is 17.3 Å². The molecule has 29 heavy (non-hydrogen) atoms. The molecule has 0 bridgehead atoms. The minimum Gasteiger partial charge on any atom is -0.493 e. The number of aromatic nitrogens is 2. The van der Waals surface area contributed by atoms with Crippen molar-refractivity contribution in [3.8, 4) is 23.0 Å². The predicted octanol–water partition coefficient (Wildman–Crippen LogP) is 2.67. The van der Waals surface area contributed by atoms with Crippen LogP contribution in [0.5, 0.6) is 11.5 Å². The van der Waals surface area contributed by atoms with E-state index in [9.17, 15) is 4.79 Å². The minimum atomic E-state index is -0.108. The van der Waals surface area contributed by atoms with Gasteiger partial charge in [-0.1, -0.05) is 6.07 Å². The number of amides is 1. The lowest BCUT2D eigenvalue weighted by Gasteiger charge is -2.09. The Hall–Kier alpha value is -3.26. The third-order valence-electron chi connectivity index (χ3n) is 4.39. The molecule has 2 aromatic heterocycles. The molecule has 1 N–H and O–H groups in total. The zero-order valence-corrected chi connectivity index (χ0v) is 16.8. The fourth-order valence-electron chi connectivity index (χ4n) is 2.95. The van der Waals surface area contributed by atoms with Gasteiger partial charge < -0.3 is 23.9 Å².